The summed E-state index contributed by atoms with van der Waals surface area (Å²) in [7, 11) is 0. The molecule has 0 fully saturated rings. The van der Waals surface area contributed by atoms with Crippen LogP contribution in [0.15, 0.2) is 0 Å². The Morgan fingerprint density at radius 3 is 1.17 bits per heavy atom. The van der Waals surface area contributed by atoms with Crippen molar-refractivity contribution >= 4 is 0 Å². The third kappa shape index (κ3) is 56.9. The van der Waals surface area contributed by atoms with E-state index in [-0.39, 0.29) is 16.5 Å². The summed E-state index contributed by atoms with van der Waals surface area (Å²) in [6, 6.07) is 0. The molecule has 6 heavy (non-hydrogen) atoms. The van der Waals surface area contributed by atoms with Crippen molar-refractivity contribution in [2.45, 2.75) is 0 Å². The van der Waals surface area contributed by atoms with Gasteiger partial charge in [-0.2, -0.15) is 0 Å². The summed E-state index contributed by atoms with van der Waals surface area (Å²) in [6.45, 7) is 0. The summed E-state index contributed by atoms with van der Waals surface area (Å²) < 4.78 is 25.2. The molecule has 0 aliphatic rings. The van der Waals surface area contributed by atoms with Crippen LogP contribution in [0.1, 0.15) is 0 Å². The van der Waals surface area contributed by atoms with E-state index in [2.05, 4.69) is 0 Å². The molecule has 0 N–H and O–H groups in total. The van der Waals surface area contributed by atoms with Crippen LogP contribution in [0, 0.1) is 0 Å². The van der Waals surface area contributed by atoms with Crippen LogP contribution in [0.5, 0.6) is 0 Å². The van der Waals surface area contributed by atoms with E-state index in [1.807, 2.05) is 0 Å². The SMILES string of the molecule is [Ni].[O]=[Ti].[O]=[Ti]=[O]. The fourth-order valence-corrected chi connectivity index (χ4v) is 0. The molecule has 0 aliphatic heterocycles. The van der Waals surface area contributed by atoms with Gasteiger partial charge in [-0.25, -0.2) is 0 Å². The van der Waals surface area contributed by atoms with Gasteiger partial charge in [-0.15, -0.1) is 0 Å². The zero-order valence-electron chi connectivity index (χ0n) is 2.54. The predicted molar refractivity (Wildman–Crippen MR) is 2.06 cm³/mol. The zero-order valence-corrected chi connectivity index (χ0v) is 6.65. The van der Waals surface area contributed by atoms with E-state index >= 15 is 0 Å². The van der Waals surface area contributed by atoms with Crippen molar-refractivity contribution in [3.05, 3.63) is 0 Å². The molecule has 0 unspecified atom stereocenters. The first-order valence-corrected chi connectivity index (χ1v) is 2.52. The van der Waals surface area contributed by atoms with Crippen LogP contribution in [0.4, 0.5) is 0 Å². The molecule has 0 spiro atoms. The van der Waals surface area contributed by atoms with Gasteiger partial charge >= 0.3 is 49.5 Å². The second-order valence-corrected chi connectivity index (χ2v) is 0.344. The van der Waals surface area contributed by atoms with E-state index < -0.39 is 19.1 Å². The van der Waals surface area contributed by atoms with Crippen molar-refractivity contribution in [2.75, 3.05) is 0 Å². The molecule has 0 aromatic carbocycles. The second-order valence-electron chi connectivity index (χ2n) is 0.0833. The second kappa shape index (κ2) is 33.2. The molecule has 0 atom stereocenters. The zero-order chi connectivity index (χ0) is 4.71. The monoisotopic (exact) mass is 202 g/mol. The molecule has 0 amide bonds. The summed E-state index contributed by atoms with van der Waals surface area (Å²) in [6.07, 6.45) is 0. The van der Waals surface area contributed by atoms with Crippen molar-refractivity contribution < 1.29 is 66.0 Å². The molecule has 0 radical (unpaired) electrons. The van der Waals surface area contributed by atoms with Gasteiger partial charge in [0.25, 0.3) is 0 Å². The Labute approximate surface area is 65.5 Å². The first kappa shape index (κ1) is 15.7. The standard InChI is InChI=1S/Ni.3O.2Ti. The van der Waals surface area contributed by atoms with Crippen molar-refractivity contribution in [3.8, 4) is 0 Å². The Balaban J connectivity index is -0.0000000275. The topological polar surface area (TPSA) is 51.2 Å². The molecule has 0 saturated carbocycles. The molecule has 0 aliphatic carbocycles. The van der Waals surface area contributed by atoms with Gasteiger partial charge in [-0.1, -0.05) is 0 Å². The maximum absolute atomic E-state index is 8.50. The summed E-state index contributed by atoms with van der Waals surface area (Å²) in [5, 5.41) is 0. The van der Waals surface area contributed by atoms with Gasteiger partial charge in [0.05, 0.1) is 0 Å². The normalized spacial score (nSPS) is 1.83. The van der Waals surface area contributed by atoms with Crippen LogP contribution in [0.3, 0.4) is 0 Å². The molecule has 0 aromatic heterocycles. The first-order valence-electron chi connectivity index (χ1n) is 0.612. The maximum atomic E-state index is 8.50. The molecular weight excluding hydrogens is 202 g/mol. The fraction of sp³-hybridized carbons (Fsp3) is 0. The molecule has 0 bridgehead atoms. The molecule has 0 aromatic rings. The number of hydrogen-bond donors (Lipinski definition) is 0. The Morgan fingerprint density at radius 2 is 1.17 bits per heavy atom. The van der Waals surface area contributed by atoms with E-state index in [9.17, 15) is 0 Å². The van der Waals surface area contributed by atoms with Gasteiger partial charge in [0.1, 0.15) is 0 Å². The van der Waals surface area contributed by atoms with Crippen LogP contribution < -0.4 is 0 Å². The average molecular weight is 202 g/mol. The third-order valence-electron chi connectivity index (χ3n) is 0. The molecule has 6 heteroatoms. The summed E-state index contributed by atoms with van der Waals surface area (Å²) in [4.78, 5) is 0. The van der Waals surface area contributed by atoms with Crippen molar-refractivity contribution in [1.29, 1.82) is 0 Å². The minimum absolute atomic E-state index is 0. The van der Waals surface area contributed by atoms with E-state index in [1.54, 1.807) is 0 Å². The van der Waals surface area contributed by atoms with Crippen LogP contribution in [0.25, 0.3) is 0 Å². The Morgan fingerprint density at radius 1 is 1.17 bits per heavy atom. The van der Waals surface area contributed by atoms with E-state index in [1.165, 1.54) is 0 Å². The Hall–Kier alpha value is 1.32. The number of rotatable bonds is 0. The van der Waals surface area contributed by atoms with Gasteiger partial charge in [0.2, 0.25) is 0 Å². The van der Waals surface area contributed by atoms with Crippen molar-refractivity contribution in [3.63, 3.8) is 0 Å². The predicted octanol–water partition coefficient (Wildman–Crippen LogP) is -0.364. The Bertz CT molecular complexity index is 38.1. The van der Waals surface area contributed by atoms with E-state index in [0.29, 0.717) is 0 Å². The summed E-state index contributed by atoms with van der Waals surface area (Å²) in [5.74, 6) is 0. The van der Waals surface area contributed by atoms with Crippen molar-refractivity contribution in [2.24, 2.45) is 0 Å². The van der Waals surface area contributed by atoms with Crippen LogP contribution >= 0.6 is 0 Å². The van der Waals surface area contributed by atoms with Gasteiger partial charge in [0, 0.05) is 16.5 Å². The quantitative estimate of drug-likeness (QED) is 0.504. The van der Waals surface area contributed by atoms with Crippen LogP contribution in [-0.4, -0.2) is 0 Å². The molecule has 36 valence electrons. The van der Waals surface area contributed by atoms with Gasteiger partial charge < -0.3 is 0 Å². The molecule has 0 rings (SSSR count). The van der Waals surface area contributed by atoms with E-state index in [4.69, 9.17) is 9.97 Å². The summed E-state index contributed by atoms with van der Waals surface area (Å²) in [5.41, 5.74) is 0. The van der Waals surface area contributed by atoms with Gasteiger partial charge in [-0.3, -0.25) is 0 Å². The van der Waals surface area contributed by atoms with Crippen LogP contribution in [0.2, 0.25) is 0 Å². The summed E-state index contributed by atoms with van der Waals surface area (Å²) >= 11 is -1.25. The molecular formula is NiO3Ti2. The molecule has 3 nitrogen and oxygen atoms in total. The minimum atomic E-state index is -2.00. The fourth-order valence-electron chi connectivity index (χ4n) is 0. The van der Waals surface area contributed by atoms with Gasteiger partial charge in [0.15, 0.2) is 0 Å². The van der Waals surface area contributed by atoms with Gasteiger partial charge in [-0.05, 0) is 0 Å². The van der Waals surface area contributed by atoms with E-state index in [0.717, 1.165) is 20.4 Å². The third-order valence-corrected chi connectivity index (χ3v) is 0. The number of hydrogen-bond acceptors (Lipinski definition) is 3. The molecule has 0 saturated heterocycles. The van der Waals surface area contributed by atoms with Crippen molar-refractivity contribution in [1.82, 2.24) is 0 Å². The first-order chi connectivity index (χ1) is 2.41. The Kier molecular flexibility index (Phi) is 86.7. The molecule has 0 heterocycles. The van der Waals surface area contributed by atoms with Crippen LogP contribution in [-0.2, 0) is 66.0 Å². The average Bonchev–Trinajstić information content (AvgIpc) is 1.46.